The molecule has 0 saturated heterocycles. The Morgan fingerprint density at radius 3 is 1.45 bits per heavy atom. The summed E-state index contributed by atoms with van der Waals surface area (Å²) in [5.74, 6) is 1.97. The number of aromatic nitrogens is 3. The second-order valence-corrected chi connectivity index (χ2v) is 10.9. The van der Waals surface area contributed by atoms with E-state index in [2.05, 4.69) is 103 Å². The molecule has 1 aromatic heterocycles. The Hall–Kier alpha value is -5.93. The normalized spacial score (nSPS) is 11.2. The smallest absolute Gasteiger partial charge is 0.164 e. The maximum Gasteiger partial charge on any atom is 0.164 e. The molecule has 0 amide bonds. The third-order valence-electron chi connectivity index (χ3n) is 8.09. The van der Waals surface area contributed by atoms with Crippen LogP contribution in [0.1, 0.15) is 0 Å². The van der Waals surface area contributed by atoms with Crippen LogP contribution in [0.3, 0.4) is 0 Å². The first-order chi connectivity index (χ1) is 21.8. The van der Waals surface area contributed by atoms with Gasteiger partial charge in [0, 0.05) is 16.7 Å². The summed E-state index contributed by atoms with van der Waals surface area (Å²) in [5, 5.41) is 4.94. The van der Waals surface area contributed by atoms with Crippen molar-refractivity contribution in [2.45, 2.75) is 0 Å². The molecule has 0 aliphatic rings. The number of fused-ring (bicyclic) bond motifs is 2. The lowest BCUT2D eigenvalue weighted by molar-refractivity contribution is 1.07. The van der Waals surface area contributed by atoms with E-state index >= 15 is 0 Å². The van der Waals surface area contributed by atoms with E-state index in [4.69, 9.17) is 15.0 Å². The molecule has 0 N–H and O–H groups in total. The fourth-order valence-corrected chi connectivity index (χ4v) is 5.85. The highest BCUT2D eigenvalue weighted by atomic mass is 15.0. The van der Waals surface area contributed by atoms with E-state index in [9.17, 15) is 0 Å². The minimum Gasteiger partial charge on any atom is -0.208 e. The molecule has 0 unspecified atom stereocenters. The van der Waals surface area contributed by atoms with Gasteiger partial charge in [-0.05, 0) is 62.0 Å². The number of hydrogen-bond acceptors (Lipinski definition) is 3. The lowest BCUT2D eigenvalue weighted by Gasteiger charge is -2.11. The molecule has 7 aromatic carbocycles. The third kappa shape index (κ3) is 4.91. The Kier molecular flexibility index (Phi) is 6.47. The Labute approximate surface area is 256 Å². The summed E-state index contributed by atoms with van der Waals surface area (Å²) in [7, 11) is 0. The minimum absolute atomic E-state index is 0.653. The molecule has 0 saturated carbocycles. The Bertz CT molecular complexity index is 2210. The van der Waals surface area contributed by atoms with Crippen LogP contribution in [0.15, 0.2) is 164 Å². The van der Waals surface area contributed by atoms with Crippen LogP contribution in [0, 0.1) is 0 Å². The number of hydrogen-bond donors (Lipinski definition) is 0. The first-order valence-corrected chi connectivity index (χ1v) is 14.8. The molecule has 0 spiro atoms. The predicted molar refractivity (Wildman–Crippen MR) is 182 cm³/mol. The van der Waals surface area contributed by atoms with Crippen LogP contribution in [0.25, 0.3) is 78.0 Å². The first-order valence-electron chi connectivity index (χ1n) is 14.8. The molecule has 0 atom stereocenters. The molecule has 1 heterocycles. The van der Waals surface area contributed by atoms with Crippen LogP contribution in [-0.2, 0) is 0 Å². The first kappa shape index (κ1) is 25.8. The number of nitrogens with zero attached hydrogens (tertiary/aromatic N) is 3. The van der Waals surface area contributed by atoms with Gasteiger partial charge in [0.25, 0.3) is 0 Å². The molecule has 3 heteroatoms. The second-order valence-electron chi connectivity index (χ2n) is 10.9. The van der Waals surface area contributed by atoms with Gasteiger partial charge in [-0.2, -0.15) is 0 Å². The van der Waals surface area contributed by atoms with Crippen molar-refractivity contribution in [1.29, 1.82) is 0 Å². The summed E-state index contributed by atoms with van der Waals surface area (Å²) in [6.45, 7) is 0. The average Bonchev–Trinajstić information content (AvgIpc) is 3.11. The van der Waals surface area contributed by atoms with Gasteiger partial charge in [-0.15, -0.1) is 0 Å². The zero-order chi connectivity index (χ0) is 29.3. The van der Waals surface area contributed by atoms with Crippen molar-refractivity contribution in [1.82, 2.24) is 15.0 Å². The van der Waals surface area contributed by atoms with E-state index in [1.807, 2.05) is 60.7 Å². The number of benzene rings is 7. The standard InChI is InChI=1S/C41H27N3/c1-3-12-29(13-4-1)39-42-40(30-14-5-2-6-15-30)44-41(43-39)36-18-9-17-31(27-36)32-21-22-34-26-35(24-23-33(34)25-32)38-20-10-16-28-11-7-8-19-37(28)38/h1-27H. The van der Waals surface area contributed by atoms with Crippen molar-refractivity contribution < 1.29 is 0 Å². The monoisotopic (exact) mass is 561 g/mol. The summed E-state index contributed by atoms with van der Waals surface area (Å²) < 4.78 is 0. The van der Waals surface area contributed by atoms with E-state index in [1.165, 1.54) is 32.7 Å². The molecule has 0 bridgehead atoms. The minimum atomic E-state index is 0.653. The molecule has 0 aliphatic heterocycles. The van der Waals surface area contributed by atoms with Crippen molar-refractivity contribution in [3.63, 3.8) is 0 Å². The van der Waals surface area contributed by atoms with Gasteiger partial charge in [-0.25, -0.2) is 15.0 Å². The van der Waals surface area contributed by atoms with Crippen LogP contribution in [-0.4, -0.2) is 15.0 Å². The molecule has 206 valence electrons. The lowest BCUT2D eigenvalue weighted by Crippen LogP contribution is -2.00. The molecular weight excluding hydrogens is 534 g/mol. The molecule has 8 rings (SSSR count). The van der Waals surface area contributed by atoms with Gasteiger partial charge in [-0.3, -0.25) is 0 Å². The lowest BCUT2D eigenvalue weighted by atomic mass is 9.94. The van der Waals surface area contributed by atoms with Gasteiger partial charge in [-0.1, -0.05) is 146 Å². The van der Waals surface area contributed by atoms with Gasteiger partial charge in [0.1, 0.15) is 0 Å². The molecule has 0 aliphatic carbocycles. The highest BCUT2D eigenvalue weighted by Gasteiger charge is 2.13. The quantitative estimate of drug-likeness (QED) is 0.210. The van der Waals surface area contributed by atoms with Crippen molar-refractivity contribution in [3.05, 3.63) is 164 Å². The third-order valence-corrected chi connectivity index (χ3v) is 8.09. The Morgan fingerprint density at radius 1 is 0.273 bits per heavy atom. The van der Waals surface area contributed by atoms with Crippen molar-refractivity contribution in [2.24, 2.45) is 0 Å². The predicted octanol–water partition coefficient (Wildman–Crippen LogP) is 10.5. The summed E-state index contributed by atoms with van der Waals surface area (Å²) in [6.07, 6.45) is 0. The molecule has 8 aromatic rings. The summed E-state index contributed by atoms with van der Waals surface area (Å²) >= 11 is 0. The fourth-order valence-electron chi connectivity index (χ4n) is 5.85. The van der Waals surface area contributed by atoms with Crippen LogP contribution < -0.4 is 0 Å². The molecule has 0 radical (unpaired) electrons. The fraction of sp³-hybridized carbons (Fsp3) is 0. The Balaban J connectivity index is 1.18. The van der Waals surface area contributed by atoms with Crippen molar-refractivity contribution in [2.75, 3.05) is 0 Å². The SMILES string of the molecule is c1ccc(-c2nc(-c3ccccc3)nc(-c3cccc(-c4ccc5cc(-c6cccc7ccccc67)ccc5c4)c3)n2)cc1. The van der Waals surface area contributed by atoms with Crippen molar-refractivity contribution in [3.8, 4) is 56.4 Å². The van der Waals surface area contributed by atoms with Crippen LogP contribution in [0.5, 0.6) is 0 Å². The van der Waals surface area contributed by atoms with E-state index in [0.717, 1.165) is 27.8 Å². The number of rotatable bonds is 5. The van der Waals surface area contributed by atoms with Gasteiger partial charge >= 0.3 is 0 Å². The molecule has 0 fully saturated rings. The molecule has 3 nitrogen and oxygen atoms in total. The zero-order valence-corrected chi connectivity index (χ0v) is 23.9. The maximum atomic E-state index is 4.92. The van der Waals surface area contributed by atoms with E-state index in [0.29, 0.717) is 17.5 Å². The van der Waals surface area contributed by atoms with Gasteiger partial charge < -0.3 is 0 Å². The van der Waals surface area contributed by atoms with Crippen LogP contribution in [0.4, 0.5) is 0 Å². The molecular formula is C41H27N3. The van der Waals surface area contributed by atoms with Gasteiger partial charge in [0.2, 0.25) is 0 Å². The topological polar surface area (TPSA) is 38.7 Å². The largest absolute Gasteiger partial charge is 0.208 e. The van der Waals surface area contributed by atoms with Crippen LogP contribution in [0.2, 0.25) is 0 Å². The highest BCUT2D eigenvalue weighted by molar-refractivity contribution is 5.99. The average molecular weight is 562 g/mol. The summed E-state index contributed by atoms with van der Waals surface area (Å²) in [5.41, 5.74) is 7.61. The molecule has 44 heavy (non-hydrogen) atoms. The van der Waals surface area contributed by atoms with E-state index in [1.54, 1.807) is 0 Å². The Morgan fingerprint density at radius 2 is 0.750 bits per heavy atom. The second kappa shape index (κ2) is 11.0. The van der Waals surface area contributed by atoms with E-state index < -0.39 is 0 Å². The van der Waals surface area contributed by atoms with Gasteiger partial charge in [0.15, 0.2) is 17.5 Å². The maximum absolute atomic E-state index is 4.92. The van der Waals surface area contributed by atoms with Crippen LogP contribution >= 0.6 is 0 Å². The highest BCUT2D eigenvalue weighted by Crippen LogP contribution is 2.33. The zero-order valence-electron chi connectivity index (χ0n) is 23.9. The summed E-state index contributed by atoms with van der Waals surface area (Å²) in [6, 6.07) is 57.1. The van der Waals surface area contributed by atoms with Crippen molar-refractivity contribution >= 4 is 21.5 Å². The summed E-state index contributed by atoms with van der Waals surface area (Å²) in [4.78, 5) is 14.7. The van der Waals surface area contributed by atoms with Gasteiger partial charge in [0.05, 0.1) is 0 Å². The van der Waals surface area contributed by atoms with E-state index in [-0.39, 0.29) is 0 Å².